The normalized spacial score (nSPS) is 13.5. The Labute approximate surface area is 107 Å². The quantitative estimate of drug-likeness (QED) is 0.768. The van der Waals surface area contributed by atoms with Crippen molar-refractivity contribution in [3.05, 3.63) is 29.3 Å². The number of ether oxygens (including phenoxy) is 1. The van der Waals surface area contributed by atoms with Crippen LogP contribution in [0.1, 0.15) is 22.8 Å². The maximum atomic E-state index is 12.1. The molecule has 1 aromatic rings. The van der Waals surface area contributed by atoms with Crippen LogP contribution in [0.3, 0.4) is 0 Å². The second kappa shape index (κ2) is 5.98. The molecule has 0 bridgehead atoms. The Morgan fingerprint density at radius 1 is 1.50 bits per heavy atom. The molecule has 0 spiro atoms. The molecular formula is C14H19NO3. The molecule has 0 saturated heterocycles. The summed E-state index contributed by atoms with van der Waals surface area (Å²) in [5.74, 6) is 0.995. The van der Waals surface area contributed by atoms with Crippen LogP contribution in [0.25, 0.3) is 0 Å². The number of hydrogen-bond donors (Lipinski definition) is 1. The molecule has 1 heterocycles. The van der Waals surface area contributed by atoms with E-state index >= 15 is 0 Å². The lowest BCUT2D eigenvalue weighted by molar-refractivity contribution is 0.0919. The summed E-state index contributed by atoms with van der Waals surface area (Å²) in [5.41, 5.74) is 1.85. The zero-order chi connectivity index (χ0) is 13.0. The number of carbonyl (C=O) groups excluding carboxylic acids is 1. The van der Waals surface area contributed by atoms with Gasteiger partial charge in [-0.25, -0.2) is 0 Å². The SMILES string of the molecule is CCN(CCO)CC(=O)c1ccc2c(c1)CCO2. The Hall–Kier alpha value is -1.39. The van der Waals surface area contributed by atoms with E-state index < -0.39 is 0 Å². The van der Waals surface area contributed by atoms with E-state index in [1.165, 1.54) is 0 Å². The lowest BCUT2D eigenvalue weighted by atomic mass is 10.1. The van der Waals surface area contributed by atoms with Crippen molar-refractivity contribution in [1.82, 2.24) is 4.90 Å². The highest BCUT2D eigenvalue weighted by Gasteiger charge is 2.16. The fourth-order valence-electron chi connectivity index (χ4n) is 2.14. The molecule has 0 unspecified atom stereocenters. The number of aliphatic hydroxyl groups is 1. The van der Waals surface area contributed by atoms with Gasteiger partial charge in [-0.15, -0.1) is 0 Å². The third-order valence-corrected chi connectivity index (χ3v) is 3.24. The van der Waals surface area contributed by atoms with E-state index in [4.69, 9.17) is 9.84 Å². The lowest BCUT2D eigenvalue weighted by Crippen LogP contribution is -2.32. The van der Waals surface area contributed by atoms with Crippen molar-refractivity contribution < 1.29 is 14.6 Å². The van der Waals surface area contributed by atoms with Crippen LogP contribution in [-0.2, 0) is 6.42 Å². The number of benzene rings is 1. The number of Topliss-reactive ketones (excluding diaryl/α,β-unsaturated/α-hetero) is 1. The van der Waals surface area contributed by atoms with E-state index in [2.05, 4.69) is 0 Å². The largest absolute Gasteiger partial charge is 0.493 e. The van der Waals surface area contributed by atoms with Crippen LogP contribution < -0.4 is 4.74 Å². The van der Waals surface area contributed by atoms with Crippen LogP contribution in [0.5, 0.6) is 5.75 Å². The van der Waals surface area contributed by atoms with Gasteiger partial charge in [-0.3, -0.25) is 9.69 Å². The van der Waals surface area contributed by atoms with Gasteiger partial charge in [0.2, 0.25) is 0 Å². The average molecular weight is 249 g/mol. The molecule has 1 aromatic carbocycles. The third kappa shape index (κ3) is 2.89. The standard InChI is InChI=1S/C14H19NO3/c1-2-15(6-7-16)10-13(17)11-3-4-14-12(9-11)5-8-18-14/h3-4,9,16H,2,5-8,10H2,1H3. The van der Waals surface area contributed by atoms with Crippen LogP contribution in [0, 0.1) is 0 Å². The van der Waals surface area contributed by atoms with Gasteiger partial charge in [-0.1, -0.05) is 6.92 Å². The molecular weight excluding hydrogens is 230 g/mol. The highest BCUT2D eigenvalue weighted by molar-refractivity contribution is 5.98. The van der Waals surface area contributed by atoms with Crippen molar-refractivity contribution >= 4 is 5.78 Å². The maximum absolute atomic E-state index is 12.1. The molecule has 0 fully saturated rings. The zero-order valence-corrected chi connectivity index (χ0v) is 10.7. The first-order chi connectivity index (χ1) is 8.74. The van der Waals surface area contributed by atoms with Gasteiger partial charge in [0.25, 0.3) is 0 Å². The number of carbonyl (C=O) groups is 1. The smallest absolute Gasteiger partial charge is 0.176 e. The highest BCUT2D eigenvalue weighted by atomic mass is 16.5. The molecule has 0 saturated carbocycles. The van der Waals surface area contributed by atoms with E-state index in [9.17, 15) is 4.79 Å². The predicted molar refractivity (Wildman–Crippen MR) is 69.2 cm³/mol. The number of nitrogens with zero attached hydrogens (tertiary/aromatic N) is 1. The van der Waals surface area contributed by atoms with Crippen LogP contribution >= 0.6 is 0 Å². The molecule has 0 amide bonds. The molecule has 1 aliphatic heterocycles. The first kappa shape index (κ1) is 13.1. The van der Waals surface area contributed by atoms with E-state index in [1.807, 2.05) is 30.0 Å². The maximum Gasteiger partial charge on any atom is 0.176 e. The first-order valence-corrected chi connectivity index (χ1v) is 6.36. The second-order valence-corrected chi connectivity index (χ2v) is 4.44. The third-order valence-electron chi connectivity index (χ3n) is 3.24. The predicted octanol–water partition coefficient (Wildman–Crippen LogP) is 1.12. The summed E-state index contributed by atoms with van der Waals surface area (Å²) in [5, 5.41) is 8.91. The van der Waals surface area contributed by atoms with Gasteiger partial charge in [0, 0.05) is 18.5 Å². The van der Waals surface area contributed by atoms with Crippen molar-refractivity contribution in [3.63, 3.8) is 0 Å². The van der Waals surface area contributed by atoms with Crippen molar-refractivity contribution in [3.8, 4) is 5.75 Å². The Balaban J connectivity index is 2.04. The van der Waals surface area contributed by atoms with E-state index in [0.29, 0.717) is 19.7 Å². The number of hydrogen-bond acceptors (Lipinski definition) is 4. The summed E-state index contributed by atoms with van der Waals surface area (Å²) in [7, 11) is 0. The molecule has 4 heteroatoms. The summed E-state index contributed by atoms with van der Waals surface area (Å²) in [6.07, 6.45) is 0.880. The van der Waals surface area contributed by atoms with Crippen molar-refractivity contribution in [2.45, 2.75) is 13.3 Å². The van der Waals surface area contributed by atoms with Gasteiger partial charge >= 0.3 is 0 Å². The monoisotopic (exact) mass is 249 g/mol. The van der Waals surface area contributed by atoms with E-state index in [0.717, 1.165) is 29.8 Å². The molecule has 0 radical (unpaired) electrons. The summed E-state index contributed by atoms with van der Waals surface area (Å²) >= 11 is 0. The molecule has 98 valence electrons. The van der Waals surface area contributed by atoms with Crippen molar-refractivity contribution in [1.29, 1.82) is 0 Å². The van der Waals surface area contributed by atoms with Gasteiger partial charge in [0.15, 0.2) is 5.78 Å². The minimum absolute atomic E-state index is 0.0825. The molecule has 1 N–H and O–H groups in total. The molecule has 18 heavy (non-hydrogen) atoms. The van der Waals surface area contributed by atoms with E-state index in [1.54, 1.807) is 0 Å². The van der Waals surface area contributed by atoms with Gasteiger partial charge in [0.05, 0.1) is 19.8 Å². The summed E-state index contributed by atoms with van der Waals surface area (Å²) < 4.78 is 5.42. The van der Waals surface area contributed by atoms with Gasteiger partial charge < -0.3 is 9.84 Å². The van der Waals surface area contributed by atoms with Crippen molar-refractivity contribution in [2.75, 3.05) is 32.8 Å². The number of likely N-dealkylation sites (N-methyl/N-ethyl adjacent to an activating group) is 1. The number of rotatable bonds is 6. The van der Waals surface area contributed by atoms with Gasteiger partial charge in [0.1, 0.15) is 5.75 Å². The fraction of sp³-hybridized carbons (Fsp3) is 0.500. The Bertz CT molecular complexity index is 431. The number of ketones is 1. The van der Waals surface area contributed by atoms with Gasteiger partial charge in [-0.05, 0) is 30.3 Å². The molecule has 4 nitrogen and oxygen atoms in total. The van der Waals surface area contributed by atoms with E-state index in [-0.39, 0.29) is 12.4 Å². The van der Waals surface area contributed by atoms with Gasteiger partial charge in [-0.2, -0.15) is 0 Å². The van der Waals surface area contributed by atoms with Crippen LogP contribution in [0.15, 0.2) is 18.2 Å². The second-order valence-electron chi connectivity index (χ2n) is 4.44. The molecule has 0 atom stereocenters. The lowest BCUT2D eigenvalue weighted by Gasteiger charge is -2.18. The molecule has 1 aliphatic rings. The molecule has 0 aromatic heterocycles. The fourth-order valence-corrected chi connectivity index (χ4v) is 2.14. The summed E-state index contributed by atoms with van der Waals surface area (Å²) in [4.78, 5) is 14.1. The van der Waals surface area contributed by atoms with Crippen LogP contribution in [-0.4, -0.2) is 48.6 Å². The Kier molecular flexibility index (Phi) is 4.33. The number of fused-ring (bicyclic) bond motifs is 1. The number of aliphatic hydroxyl groups excluding tert-OH is 1. The zero-order valence-electron chi connectivity index (χ0n) is 10.7. The Morgan fingerprint density at radius 3 is 3.06 bits per heavy atom. The van der Waals surface area contributed by atoms with Crippen LogP contribution in [0.2, 0.25) is 0 Å². The minimum atomic E-state index is 0.0825. The Morgan fingerprint density at radius 2 is 2.33 bits per heavy atom. The highest BCUT2D eigenvalue weighted by Crippen LogP contribution is 2.26. The van der Waals surface area contributed by atoms with Crippen molar-refractivity contribution in [2.24, 2.45) is 0 Å². The summed E-state index contributed by atoms with van der Waals surface area (Å²) in [6.45, 7) is 4.44. The topological polar surface area (TPSA) is 49.8 Å². The first-order valence-electron chi connectivity index (χ1n) is 6.36. The minimum Gasteiger partial charge on any atom is -0.493 e. The summed E-state index contributed by atoms with van der Waals surface area (Å²) in [6, 6.07) is 5.62. The molecule has 2 rings (SSSR count). The van der Waals surface area contributed by atoms with Crippen LogP contribution in [0.4, 0.5) is 0 Å². The average Bonchev–Trinajstić information content (AvgIpc) is 2.85. The molecule has 0 aliphatic carbocycles.